The molecule has 1 aliphatic heterocycles. The van der Waals surface area contributed by atoms with Crippen LogP contribution < -0.4 is 5.06 Å². The van der Waals surface area contributed by atoms with Gasteiger partial charge in [-0.1, -0.05) is 30.3 Å². The molecule has 130 valence electrons. The molecule has 7 nitrogen and oxygen atoms in total. The first-order valence-corrected chi connectivity index (χ1v) is 7.81. The highest BCUT2D eigenvalue weighted by atomic mass is 16.7. The minimum absolute atomic E-state index is 0.00261. The number of ether oxygens (including phenoxy) is 1. The summed E-state index contributed by atoms with van der Waals surface area (Å²) in [6, 6.07) is 15.3. The van der Waals surface area contributed by atoms with Crippen LogP contribution >= 0.6 is 0 Å². The lowest BCUT2D eigenvalue weighted by Gasteiger charge is -2.26. The molecule has 1 saturated heterocycles. The first-order valence-electron chi connectivity index (χ1n) is 7.81. The number of esters is 1. The van der Waals surface area contributed by atoms with Crippen LogP contribution in [0.25, 0.3) is 0 Å². The van der Waals surface area contributed by atoms with Gasteiger partial charge in [-0.25, -0.2) is 9.86 Å². The molecule has 3 rings (SSSR count). The smallest absolute Gasteiger partial charge is 0.340 e. The monoisotopic (exact) mass is 342 g/mol. The van der Waals surface area contributed by atoms with Crippen LogP contribution in [0.3, 0.4) is 0 Å². The van der Waals surface area contributed by atoms with Gasteiger partial charge >= 0.3 is 5.97 Å². The number of carbonyl (C=O) groups is 1. The lowest BCUT2D eigenvalue weighted by molar-refractivity contribution is -0.384. The van der Waals surface area contributed by atoms with E-state index in [9.17, 15) is 14.9 Å². The number of rotatable bonds is 4. The highest BCUT2D eigenvalue weighted by Gasteiger charge is 2.49. The molecule has 2 aromatic rings. The summed E-state index contributed by atoms with van der Waals surface area (Å²) >= 11 is 0. The zero-order chi connectivity index (χ0) is 18.0. The molecule has 1 heterocycles. The van der Waals surface area contributed by atoms with Crippen LogP contribution in [-0.2, 0) is 14.4 Å². The third-order valence-corrected chi connectivity index (χ3v) is 4.26. The highest BCUT2D eigenvalue weighted by molar-refractivity contribution is 5.80. The number of non-ortho nitro benzene ring substituents is 1. The molecule has 0 spiro atoms. The molecule has 25 heavy (non-hydrogen) atoms. The first kappa shape index (κ1) is 16.9. The lowest BCUT2D eigenvalue weighted by atomic mass is 9.93. The van der Waals surface area contributed by atoms with E-state index in [4.69, 9.17) is 9.57 Å². The molecule has 2 aromatic carbocycles. The number of hydroxylamine groups is 1. The zero-order valence-electron chi connectivity index (χ0n) is 13.9. The Balaban J connectivity index is 2.03. The molecule has 7 heteroatoms. The fraction of sp³-hybridized carbons (Fsp3) is 0.278. The Labute approximate surface area is 144 Å². The number of anilines is 1. The quantitative estimate of drug-likeness (QED) is 0.481. The Morgan fingerprint density at radius 2 is 2.00 bits per heavy atom. The number of para-hydroxylation sites is 1. The van der Waals surface area contributed by atoms with Crippen molar-refractivity contribution in [3.63, 3.8) is 0 Å². The Bertz CT molecular complexity index is 795. The zero-order valence-corrected chi connectivity index (χ0v) is 13.9. The summed E-state index contributed by atoms with van der Waals surface area (Å²) in [4.78, 5) is 28.8. The van der Waals surface area contributed by atoms with Gasteiger partial charge in [0.05, 0.1) is 23.8 Å². The minimum Gasteiger partial charge on any atom is -0.467 e. The lowest BCUT2D eigenvalue weighted by Crippen LogP contribution is -2.37. The maximum absolute atomic E-state index is 12.2. The number of methoxy groups -OCH3 is 1. The molecule has 2 atom stereocenters. The molecule has 0 N–H and O–H groups in total. The van der Waals surface area contributed by atoms with Crippen LogP contribution in [0.15, 0.2) is 54.6 Å². The van der Waals surface area contributed by atoms with Gasteiger partial charge in [0.1, 0.15) is 0 Å². The summed E-state index contributed by atoms with van der Waals surface area (Å²) in [5.74, 6) is -0.485. The van der Waals surface area contributed by atoms with Crippen molar-refractivity contribution in [2.45, 2.75) is 25.0 Å². The largest absolute Gasteiger partial charge is 0.467 e. The summed E-state index contributed by atoms with van der Waals surface area (Å²) in [5, 5.41) is 12.7. The van der Waals surface area contributed by atoms with E-state index < -0.39 is 16.5 Å². The topological polar surface area (TPSA) is 81.9 Å². The molecule has 1 aliphatic rings. The Morgan fingerprint density at radius 1 is 1.28 bits per heavy atom. The van der Waals surface area contributed by atoms with Gasteiger partial charge in [0, 0.05) is 18.6 Å². The Morgan fingerprint density at radius 3 is 2.64 bits per heavy atom. The Kier molecular flexibility index (Phi) is 4.41. The fourth-order valence-corrected chi connectivity index (χ4v) is 3.01. The molecular weight excluding hydrogens is 324 g/mol. The third-order valence-electron chi connectivity index (χ3n) is 4.26. The number of benzene rings is 2. The SMILES string of the molecule is COC(=O)[C@]1(C)C[C@H](c2cccc([N+](=O)[O-])c2)N(c2ccccc2)O1. The Hall–Kier alpha value is -2.93. The van der Waals surface area contributed by atoms with Crippen LogP contribution in [-0.4, -0.2) is 23.6 Å². The molecule has 0 saturated carbocycles. The van der Waals surface area contributed by atoms with Gasteiger partial charge in [-0.15, -0.1) is 0 Å². The second kappa shape index (κ2) is 6.52. The number of carbonyl (C=O) groups excluding carboxylic acids is 1. The first-order chi connectivity index (χ1) is 11.9. The number of nitro benzene ring substituents is 1. The highest BCUT2D eigenvalue weighted by Crippen LogP contribution is 2.44. The van der Waals surface area contributed by atoms with E-state index in [0.29, 0.717) is 12.0 Å². The standard InChI is InChI=1S/C18H18N2O5/c1-18(17(21)24-2)12-16(13-7-6-10-15(11-13)20(22)23)19(25-18)14-8-4-3-5-9-14/h3-11,16H,12H2,1-2H3/t16-,18+/m1/s1. The summed E-state index contributed by atoms with van der Waals surface area (Å²) in [6.07, 6.45) is 0.315. The van der Waals surface area contributed by atoms with E-state index in [1.807, 2.05) is 30.3 Å². The summed E-state index contributed by atoms with van der Waals surface area (Å²) in [6.45, 7) is 1.66. The molecule has 0 amide bonds. The molecular formula is C18H18N2O5. The van der Waals surface area contributed by atoms with Crippen LogP contribution in [0.1, 0.15) is 24.9 Å². The molecule has 1 fully saturated rings. The van der Waals surface area contributed by atoms with Crippen LogP contribution in [0.2, 0.25) is 0 Å². The second-order valence-electron chi connectivity index (χ2n) is 6.05. The van der Waals surface area contributed by atoms with Crippen LogP contribution in [0.4, 0.5) is 11.4 Å². The second-order valence-corrected chi connectivity index (χ2v) is 6.05. The van der Waals surface area contributed by atoms with Gasteiger partial charge in [-0.2, -0.15) is 0 Å². The number of hydrogen-bond donors (Lipinski definition) is 0. The third kappa shape index (κ3) is 3.18. The van der Waals surface area contributed by atoms with E-state index in [-0.39, 0.29) is 11.7 Å². The summed E-state index contributed by atoms with van der Waals surface area (Å²) in [5.41, 5.74) is 0.286. The van der Waals surface area contributed by atoms with Crippen LogP contribution in [0, 0.1) is 10.1 Å². The maximum atomic E-state index is 12.2. The summed E-state index contributed by atoms with van der Waals surface area (Å²) < 4.78 is 4.87. The van der Waals surface area contributed by atoms with Gasteiger partial charge in [0.15, 0.2) is 5.60 Å². The minimum atomic E-state index is -1.17. The van der Waals surface area contributed by atoms with E-state index in [1.165, 1.54) is 19.2 Å². The van der Waals surface area contributed by atoms with E-state index in [2.05, 4.69) is 0 Å². The average molecular weight is 342 g/mol. The molecule has 0 unspecified atom stereocenters. The van der Waals surface area contributed by atoms with Crippen molar-refractivity contribution in [1.82, 2.24) is 0 Å². The molecule has 0 radical (unpaired) electrons. The van der Waals surface area contributed by atoms with Gasteiger partial charge in [-0.05, 0) is 24.6 Å². The fourth-order valence-electron chi connectivity index (χ4n) is 3.01. The van der Waals surface area contributed by atoms with E-state index >= 15 is 0 Å². The van der Waals surface area contributed by atoms with Crippen molar-refractivity contribution in [3.05, 3.63) is 70.3 Å². The average Bonchev–Trinajstić information content (AvgIpc) is 3.01. The predicted molar refractivity (Wildman–Crippen MR) is 90.9 cm³/mol. The van der Waals surface area contributed by atoms with Crippen molar-refractivity contribution < 1.29 is 19.3 Å². The van der Waals surface area contributed by atoms with E-state index in [0.717, 1.165) is 5.69 Å². The van der Waals surface area contributed by atoms with Crippen molar-refractivity contribution in [2.75, 3.05) is 12.2 Å². The number of hydrogen-bond acceptors (Lipinski definition) is 6. The number of nitro groups is 1. The van der Waals surface area contributed by atoms with Gasteiger partial charge < -0.3 is 4.74 Å². The normalized spacial score (nSPS) is 22.6. The van der Waals surface area contributed by atoms with Crippen molar-refractivity contribution in [3.8, 4) is 0 Å². The van der Waals surface area contributed by atoms with E-state index in [1.54, 1.807) is 24.1 Å². The molecule has 0 aromatic heterocycles. The van der Waals surface area contributed by atoms with Crippen molar-refractivity contribution in [2.24, 2.45) is 0 Å². The van der Waals surface area contributed by atoms with Crippen molar-refractivity contribution >= 4 is 17.3 Å². The van der Waals surface area contributed by atoms with Gasteiger partial charge in [-0.3, -0.25) is 15.0 Å². The van der Waals surface area contributed by atoms with Crippen LogP contribution in [0.5, 0.6) is 0 Å². The van der Waals surface area contributed by atoms with Gasteiger partial charge in [0.2, 0.25) is 0 Å². The molecule has 0 aliphatic carbocycles. The van der Waals surface area contributed by atoms with Gasteiger partial charge in [0.25, 0.3) is 5.69 Å². The summed E-state index contributed by atoms with van der Waals surface area (Å²) in [7, 11) is 1.31. The number of nitrogens with zero attached hydrogens (tertiary/aromatic N) is 2. The predicted octanol–water partition coefficient (Wildman–Crippen LogP) is 3.41. The maximum Gasteiger partial charge on any atom is 0.340 e. The van der Waals surface area contributed by atoms with Crippen molar-refractivity contribution in [1.29, 1.82) is 0 Å². The molecule has 0 bridgehead atoms.